The first-order chi connectivity index (χ1) is 7.85. The van der Waals surface area contributed by atoms with Gasteiger partial charge in [-0.25, -0.2) is 4.68 Å². The van der Waals surface area contributed by atoms with Crippen LogP contribution in [0.25, 0.3) is 0 Å². The van der Waals surface area contributed by atoms with Crippen LogP contribution in [0, 0.1) is 5.92 Å². The number of rotatable bonds is 7. The molecular formula is C12H22N4. The molecule has 0 spiro atoms. The summed E-state index contributed by atoms with van der Waals surface area (Å²) in [7, 11) is 0. The fraction of sp³-hybridized carbons (Fsp3) is 0.833. The van der Waals surface area contributed by atoms with Crippen LogP contribution < -0.4 is 5.73 Å². The minimum atomic E-state index is 0.665. The van der Waals surface area contributed by atoms with Crippen molar-refractivity contribution in [2.24, 2.45) is 11.7 Å². The van der Waals surface area contributed by atoms with Crippen molar-refractivity contribution in [1.82, 2.24) is 15.0 Å². The summed E-state index contributed by atoms with van der Waals surface area (Å²) < 4.78 is 2.10. The van der Waals surface area contributed by atoms with Crippen molar-refractivity contribution in [2.45, 2.75) is 52.0 Å². The van der Waals surface area contributed by atoms with Crippen LogP contribution in [-0.4, -0.2) is 21.5 Å². The fourth-order valence-electron chi connectivity index (χ4n) is 2.10. The highest BCUT2D eigenvalue weighted by molar-refractivity contribution is 5.11. The molecule has 2 N–H and O–H groups in total. The summed E-state index contributed by atoms with van der Waals surface area (Å²) >= 11 is 0. The van der Waals surface area contributed by atoms with Gasteiger partial charge in [-0.1, -0.05) is 31.4 Å². The second-order valence-electron chi connectivity index (χ2n) is 4.73. The minimum Gasteiger partial charge on any atom is -0.330 e. The van der Waals surface area contributed by atoms with Crippen LogP contribution in [0.15, 0.2) is 0 Å². The Morgan fingerprint density at radius 3 is 2.81 bits per heavy atom. The normalized spacial score (nSPS) is 15.6. The van der Waals surface area contributed by atoms with E-state index in [0.717, 1.165) is 37.4 Å². The lowest BCUT2D eigenvalue weighted by Gasteiger charge is -2.06. The summed E-state index contributed by atoms with van der Waals surface area (Å²) in [6, 6.07) is 0. The topological polar surface area (TPSA) is 56.7 Å². The molecular weight excluding hydrogens is 200 g/mol. The Morgan fingerprint density at radius 1 is 1.38 bits per heavy atom. The molecule has 1 saturated carbocycles. The molecule has 0 unspecified atom stereocenters. The van der Waals surface area contributed by atoms with Crippen LogP contribution in [-0.2, 0) is 19.4 Å². The van der Waals surface area contributed by atoms with Crippen LogP contribution in [0.1, 0.15) is 44.0 Å². The predicted molar refractivity (Wildman–Crippen MR) is 64.1 cm³/mol. The SMILES string of the molecule is CCCc1c(CCN)nnn1CCC1CC1. The Hall–Kier alpha value is -0.900. The van der Waals surface area contributed by atoms with Gasteiger partial charge in [-0.3, -0.25) is 0 Å². The lowest BCUT2D eigenvalue weighted by molar-refractivity contribution is 0.512. The molecule has 4 nitrogen and oxygen atoms in total. The summed E-state index contributed by atoms with van der Waals surface area (Å²) in [6.07, 6.45) is 7.17. The van der Waals surface area contributed by atoms with Crippen molar-refractivity contribution in [3.05, 3.63) is 11.4 Å². The molecule has 0 bridgehead atoms. The molecule has 1 aliphatic rings. The average Bonchev–Trinajstić information content (AvgIpc) is 3.04. The van der Waals surface area contributed by atoms with Crippen LogP contribution in [0.5, 0.6) is 0 Å². The van der Waals surface area contributed by atoms with E-state index in [9.17, 15) is 0 Å². The van der Waals surface area contributed by atoms with Gasteiger partial charge in [0.25, 0.3) is 0 Å². The lowest BCUT2D eigenvalue weighted by atomic mass is 10.1. The van der Waals surface area contributed by atoms with Gasteiger partial charge in [0.1, 0.15) is 0 Å². The van der Waals surface area contributed by atoms with Gasteiger partial charge >= 0.3 is 0 Å². The Labute approximate surface area is 97.2 Å². The van der Waals surface area contributed by atoms with Gasteiger partial charge in [-0.15, -0.1) is 5.10 Å². The van der Waals surface area contributed by atoms with Gasteiger partial charge in [0.2, 0.25) is 0 Å². The van der Waals surface area contributed by atoms with Gasteiger partial charge in [0, 0.05) is 13.0 Å². The van der Waals surface area contributed by atoms with Crippen molar-refractivity contribution in [1.29, 1.82) is 0 Å². The lowest BCUT2D eigenvalue weighted by Crippen LogP contribution is -2.09. The zero-order valence-corrected chi connectivity index (χ0v) is 10.2. The maximum Gasteiger partial charge on any atom is 0.0871 e. The van der Waals surface area contributed by atoms with Gasteiger partial charge < -0.3 is 5.73 Å². The Morgan fingerprint density at radius 2 is 2.19 bits per heavy atom. The van der Waals surface area contributed by atoms with Crippen LogP contribution in [0.2, 0.25) is 0 Å². The number of hydrogen-bond acceptors (Lipinski definition) is 3. The molecule has 0 aromatic carbocycles. The monoisotopic (exact) mass is 222 g/mol. The Bertz CT molecular complexity index is 328. The molecule has 1 aliphatic carbocycles. The second-order valence-corrected chi connectivity index (χ2v) is 4.73. The third-order valence-electron chi connectivity index (χ3n) is 3.23. The Balaban J connectivity index is 2.02. The van der Waals surface area contributed by atoms with E-state index < -0.39 is 0 Å². The maximum atomic E-state index is 5.59. The summed E-state index contributed by atoms with van der Waals surface area (Å²) in [5.41, 5.74) is 8.01. The number of nitrogens with two attached hydrogens (primary N) is 1. The first kappa shape index (κ1) is 11.6. The zero-order chi connectivity index (χ0) is 11.4. The summed E-state index contributed by atoms with van der Waals surface area (Å²) in [5, 5.41) is 8.52. The standard InChI is InChI=1S/C12H22N4/c1-2-3-12-11(6-8-13)14-15-16(12)9-7-10-4-5-10/h10H,2-9,13H2,1H3. The van der Waals surface area contributed by atoms with E-state index in [1.165, 1.54) is 25.0 Å². The van der Waals surface area contributed by atoms with E-state index in [2.05, 4.69) is 21.9 Å². The quantitative estimate of drug-likeness (QED) is 0.761. The number of nitrogens with zero attached hydrogens (tertiary/aromatic N) is 3. The van der Waals surface area contributed by atoms with E-state index in [1.54, 1.807) is 0 Å². The number of aromatic nitrogens is 3. The molecule has 0 aliphatic heterocycles. The van der Waals surface area contributed by atoms with Crippen LogP contribution in [0.3, 0.4) is 0 Å². The third-order valence-corrected chi connectivity index (χ3v) is 3.23. The van der Waals surface area contributed by atoms with Gasteiger partial charge in [-0.2, -0.15) is 0 Å². The first-order valence-electron chi connectivity index (χ1n) is 6.46. The highest BCUT2D eigenvalue weighted by Crippen LogP contribution is 2.32. The Kier molecular flexibility index (Phi) is 3.93. The van der Waals surface area contributed by atoms with E-state index in [0.29, 0.717) is 6.54 Å². The van der Waals surface area contributed by atoms with Crippen molar-refractivity contribution in [3.63, 3.8) is 0 Å². The van der Waals surface area contributed by atoms with Gasteiger partial charge in [0.05, 0.1) is 11.4 Å². The largest absolute Gasteiger partial charge is 0.330 e. The molecule has 0 amide bonds. The van der Waals surface area contributed by atoms with Crippen molar-refractivity contribution in [2.75, 3.05) is 6.54 Å². The maximum absolute atomic E-state index is 5.59. The predicted octanol–water partition coefficient (Wildman–Crippen LogP) is 1.53. The summed E-state index contributed by atoms with van der Waals surface area (Å²) in [5.74, 6) is 0.955. The van der Waals surface area contributed by atoms with Crippen molar-refractivity contribution in [3.8, 4) is 0 Å². The van der Waals surface area contributed by atoms with Gasteiger partial charge in [0.15, 0.2) is 0 Å². The van der Waals surface area contributed by atoms with E-state index >= 15 is 0 Å². The minimum absolute atomic E-state index is 0.665. The molecule has 0 atom stereocenters. The van der Waals surface area contributed by atoms with Crippen LogP contribution in [0.4, 0.5) is 0 Å². The molecule has 1 aromatic heterocycles. The molecule has 16 heavy (non-hydrogen) atoms. The van der Waals surface area contributed by atoms with Crippen LogP contribution >= 0.6 is 0 Å². The van der Waals surface area contributed by atoms with Crippen molar-refractivity contribution < 1.29 is 0 Å². The number of aryl methyl sites for hydroxylation is 1. The molecule has 1 fully saturated rings. The fourth-order valence-corrected chi connectivity index (χ4v) is 2.10. The molecule has 2 rings (SSSR count). The van der Waals surface area contributed by atoms with E-state index in [1.807, 2.05) is 0 Å². The highest BCUT2D eigenvalue weighted by Gasteiger charge is 2.21. The molecule has 4 heteroatoms. The van der Waals surface area contributed by atoms with Crippen molar-refractivity contribution >= 4 is 0 Å². The zero-order valence-electron chi connectivity index (χ0n) is 10.2. The first-order valence-corrected chi connectivity index (χ1v) is 6.46. The molecule has 0 saturated heterocycles. The third kappa shape index (κ3) is 2.82. The smallest absolute Gasteiger partial charge is 0.0871 e. The second kappa shape index (κ2) is 5.43. The average molecular weight is 222 g/mol. The van der Waals surface area contributed by atoms with E-state index in [4.69, 9.17) is 5.73 Å². The molecule has 90 valence electrons. The molecule has 1 heterocycles. The van der Waals surface area contributed by atoms with Gasteiger partial charge in [-0.05, 0) is 25.3 Å². The van der Waals surface area contributed by atoms with E-state index in [-0.39, 0.29) is 0 Å². The highest BCUT2D eigenvalue weighted by atomic mass is 15.4. The number of hydrogen-bond donors (Lipinski definition) is 1. The summed E-state index contributed by atoms with van der Waals surface area (Å²) in [4.78, 5) is 0. The molecule has 0 radical (unpaired) electrons. The summed E-state index contributed by atoms with van der Waals surface area (Å²) in [6.45, 7) is 3.90. The molecule has 1 aromatic rings.